The zero-order valence-corrected chi connectivity index (χ0v) is 12.2. The third kappa shape index (κ3) is 3.51. The first-order chi connectivity index (χ1) is 9.63. The number of benzene rings is 1. The normalized spacial score (nSPS) is 19.2. The number of hydrogen-bond acceptors (Lipinski definition) is 3. The molecule has 1 aromatic rings. The van der Waals surface area contributed by atoms with Gasteiger partial charge in [-0.2, -0.15) is 0 Å². The highest BCUT2D eigenvalue weighted by molar-refractivity contribution is 5.73. The summed E-state index contributed by atoms with van der Waals surface area (Å²) in [6, 6.07) is 5.98. The SMILES string of the molecule is CCCC(N[C@H]1CCc2ccc(OC)cc2C1)C(=O)O. The zero-order chi connectivity index (χ0) is 14.5. The minimum absolute atomic E-state index is 0.238. The number of hydrogen-bond donors (Lipinski definition) is 2. The molecule has 1 aliphatic carbocycles. The monoisotopic (exact) mass is 277 g/mol. The van der Waals surface area contributed by atoms with Crippen molar-refractivity contribution in [3.8, 4) is 5.75 Å². The Labute approximate surface area is 120 Å². The molecule has 110 valence electrons. The van der Waals surface area contributed by atoms with Crippen LogP contribution in [0.2, 0.25) is 0 Å². The minimum atomic E-state index is -0.747. The van der Waals surface area contributed by atoms with Crippen molar-refractivity contribution in [2.75, 3.05) is 7.11 Å². The van der Waals surface area contributed by atoms with E-state index in [1.165, 1.54) is 11.1 Å². The van der Waals surface area contributed by atoms with E-state index in [1.807, 2.05) is 13.0 Å². The van der Waals surface area contributed by atoms with Crippen LogP contribution in [0, 0.1) is 0 Å². The predicted molar refractivity (Wildman–Crippen MR) is 78.3 cm³/mol. The highest BCUT2D eigenvalue weighted by atomic mass is 16.5. The predicted octanol–water partition coefficient (Wildman–Crippen LogP) is 2.40. The highest BCUT2D eigenvalue weighted by Gasteiger charge is 2.24. The number of methoxy groups -OCH3 is 1. The quantitative estimate of drug-likeness (QED) is 0.838. The average molecular weight is 277 g/mol. The summed E-state index contributed by atoms with van der Waals surface area (Å²) in [5.74, 6) is 0.121. The lowest BCUT2D eigenvalue weighted by Crippen LogP contribution is -2.45. The number of rotatable bonds is 6. The van der Waals surface area contributed by atoms with Gasteiger partial charge in [0, 0.05) is 6.04 Å². The molecule has 1 aromatic carbocycles. The van der Waals surface area contributed by atoms with Crippen molar-refractivity contribution in [2.45, 2.75) is 51.1 Å². The zero-order valence-electron chi connectivity index (χ0n) is 12.2. The first-order valence-electron chi connectivity index (χ1n) is 7.28. The summed E-state index contributed by atoms with van der Waals surface area (Å²) in [7, 11) is 1.67. The molecule has 1 aliphatic rings. The maximum absolute atomic E-state index is 11.2. The van der Waals surface area contributed by atoms with E-state index in [9.17, 15) is 9.90 Å². The van der Waals surface area contributed by atoms with Crippen molar-refractivity contribution in [1.29, 1.82) is 0 Å². The van der Waals surface area contributed by atoms with Gasteiger partial charge in [-0.3, -0.25) is 4.79 Å². The second-order valence-corrected chi connectivity index (χ2v) is 5.42. The molecule has 0 saturated heterocycles. The molecular formula is C16H23NO3. The summed E-state index contributed by atoms with van der Waals surface area (Å²) in [6.45, 7) is 2.01. The number of ether oxygens (including phenoxy) is 1. The van der Waals surface area contributed by atoms with Gasteiger partial charge < -0.3 is 15.2 Å². The van der Waals surface area contributed by atoms with E-state index in [2.05, 4.69) is 17.4 Å². The molecule has 0 aromatic heterocycles. The number of carboxylic acids is 1. The number of aliphatic carboxylic acids is 1. The fraction of sp³-hybridized carbons (Fsp3) is 0.562. The number of fused-ring (bicyclic) bond motifs is 1. The average Bonchev–Trinajstić information content (AvgIpc) is 2.45. The smallest absolute Gasteiger partial charge is 0.320 e. The van der Waals surface area contributed by atoms with Crippen LogP contribution in [0.3, 0.4) is 0 Å². The molecule has 2 atom stereocenters. The molecule has 20 heavy (non-hydrogen) atoms. The van der Waals surface area contributed by atoms with Crippen LogP contribution in [0.25, 0.3) is 0 Å². The summed E-state index contributed by atoms with van der Waals surface area (Å²) in [4.78, 5) is 11.2. The van der Waals surface area contributed by atoms with Crippen LogP contribution < -0.4 is 10.1 Å². The molecule has 4 heteroatoms. The lowest BCUT2D eigenvalue weighted by atomic mass is 9.87. The van der Waals surface area contributed by atoms with E-state index < -0.39 is 12.0 Å². The molecule has 0 radical (unpaired) electrons. The third-order valence-corrected chi connectivity index (χ3v) is 3.95. The highest BCUT2D eigenvalue weighted by Crippen LogP contribution is 2.26. The largest absolute Gasteiger partial charge is 0.497 e. The molecule has 1 unspecified atom stereocenters. The number of nitrogens with one attached hydrogen (secondary N) is 1. The molecule has 0 fully saturated rings. The Morgan fingerprint density at radius 2 is 2.30 bits per heavy atom. The van der Waals surface area contributed by atoms with Crippen LogP contribution in [-0.2, 0) is 17.6 Å². The summed E-state index contributed by atoms with van der Waals surface area (Å²) in [5.41, 5.74) is 2.62. The van der Waals surface area contributed by atoms with E-state index >= 15 is 0 Å². The van der Waals surface area contributed by atoms with Crippen LogP contribution >= 0.6 is 0 Å². The topological polar surface area (TPSA) is 58.6 Å². The Morgan fingerprint density at radius 3 is 2.95 bits per heavy atom. The maximum atomic E-state index is 11.2. The van der Waals surface area contributed by atoms with Gasteiger partial charge in [-0.05, 0) is 48.9 Å². The van der Waals surface area contributed by atoms with Gasteiger partial charge in [0.05, 0.1) is 7.11 Å². The molecule has 0 amide bonds. The van der Waals surface area contributed by atoms with Crippen molar-refractivity contribution in [3.63, 3.8) is 0 Å². The Bertz CT molecular complexity index is 473. The lowest BCUT2D eigenvalue weighted by Gasteiger charge is -2.28. The minimum Gasteiger partial charge on any atom is -0.497 e. The molecule has 0 spiro atoms. The summed E-state index contributed by atoms with van der Waals surface area (Å²) in [6.07, 6.45) is 4.42. The maximum Gasteiger partial charge on any atom is 0.320 e. The van der Waals surface area contributed by atoms with Crippen LogP contribution in [0.5, 0.6) is 5.75 Å². The van der Waals surface area contributed by atoms with Crippen molar-refractivity contribution < 1.29 is 14.6 Å². The molecule has 0 bridgehead atoms. The fourth-order valence-corrected chi connectivity index (χ4v) is 2.85. The second-order valence-electron chi connectivity index (χ2n) is 5.42. The fourth-order valence-electron chi connectivity index (χ4n) is 2.85. The van der Waals surface area contributed by atoms with Gasteiger partial charge in [0.1, 0.15) is 11.8 Å². The first kappa shape index (κ1) is 14.9. The van der Waals surface area contributed by atoms with Gasteiger partial charge in [-0.1, -0.05) is 19.4 Å². The molecule has 0 heterocycles. The van der Waals surface area contributed by atoms with Crippen LogP contribution in [-0.4, -0.2) is 30.3 Å². The van der Waals surface area contributed by atoms with E-state index in [-0.39, 0.29) is 6.04 Å². The molecular weight excluding hydrogens is 254 g/mol. The van der Waals surface area contributed by atoms with Crippen molar-refractivity contribution in [3.05, 3.63) is 29.3 Å². The first-order valence-corrected chi connectivity index (χ1v) is 7.28. The van der Waals surface area contributed by atoms with E-state index in [4.69, 9.17) is 4.74 Å². The van der Waals surface area contributed by atoms with Gasteiger partial charge in [-0.15, -0.1) is 0 Å². The van der Waals surface area contributed by atoms with Gasteiger partial charge in [0.25, 0.3) is 0 Å². The number of carbonyl (C=O) groups is 1. The molecule has 4 nitrogen and oxygen atoms in total. The Balaban J connectivity index is 2.04. The van der Waals surface area contributed by atoms with Crippen molar-refractivity contribution >= 4 is 5.97 Å². The molecule has 2 rings (SSSR count). The van der Waals surface area contributed by atoms with Crippen molar-refractivity contribution in [1.82, 2.24) is 5.32 Å². The van der Waals surface area contributed by atoms with Crippen LogP contribution in [0.15, 0.2) is 18.2 Å². The third-order valence-electron chi connectivity index (χ3n) is 3.95. The van der Waals surface area contributed by atoms with Gasteiger partial charge >= 0.3 is 5.97 Å². The van der Waals surface area contributed by atoms with E-state index in [1.54, 1.807) is 7.11 Å². The van der Waals surface area contributed by atoms with Crippen molar-refractivity contribution in [2.24, 2.45) is 0 Å². The standard InChI is InChI=1S/C16H23NO3/c1-3-4-15(16(18)19)17-13-7-5-11-6-8-14(20-2)10-12(11)9-13/h6,8,10,13,15,17H,3-5,7,9H2,1-2H3,(H,18,19)/t13-,15?/m0/s1. The van der Waals surface area contributed by atoms with Gasteiger partial charge in [0.15, 0.2) is 0 Å². The summed E-state index contributed by atoms with van der Waals surface area (Å²) >= 11 is 0. The van der Waals surface area contributed by atoms with Crippen LogP contribution in [0.4, 0.5) is 0 Å². The van der Waals surface area contributed by atoms with E-state index in [0.717, 1.165) is 31.4 Å². The number of carboxylic acid groups (broad SMARTS) is 1. The summed E-state index contributed by atoms with van der Waals surface area (Å²) in [5, 5.41) is 12.5. The van der Waals surface area contributed by atoms with E-state index in [0.29, 0.717) is 6.42 Å². The Hall–Kier alpha value is -1.55. The van der Waals surface area contributed by atoms with Gasteiger partial charge in [0.2, 0.25) is 0 Å². The molecule has 0 aliphatic heterocycles. The Kier molecular flexibility index (Phi) is 5.01. The lowest BCUT2D eigenvalue weighted by molar-refractivity contribution is -0.139. The second kappa shape index (κ2) is 6.75. The van der Waals surface area contributed by atoms with Crippen LogP contribution in [0.1, 0.15) is 37.3 Å². The molecule has 2 N–H and O–H groups in total. The van der Waals surface area contributed by atoms with Gasteiger partial charge in [-0.25, -0.2) is 0 Å². The number of aryl methyl sites for hydroxylation is 1. The molecule has 0 saturated carbocycles. The Morgan fingerprint density at radius 1 is 1.50 bits per heavy atom. The summed E-state index contributed by atoms with van der Waals surface area (Å²) < 4.78 is 5.26.